The molecule has 0 heterocycles. The number of ether oxygens (including phenoxy) is 1. The van der Waals surface area contributed by atoms with E-state index in [0.717, 1.165) is 22.1 Å². The molecule has 0 aliphatic rings. The maximum atomic E-state index is 12.7. The van der Waals surface area contributed by atoms with Crippen LogP contribution in [0.3, 0.4) is 0 Å². The third-order valence-corrected chi connectivity index (χ3v) is 6.35. The van der Waals surface area contributed by atoms with Crippen molar-refractivity contribution in [2.24, 2.45) is 0 Å². The minimum Gasteiger partial charge on any atom is -0.497 e. The molecular formula is C19H18ClNO3S. The van der Waals surface area contributed by atoms with Gasteiger partial charge in [0, 0.05) is 13.6 Å². The van der Waals surface area contributed by atoms with E-state index in [1.165, 1.54) is 10.4 Å². The molecule has 0 saturated heterocycles. The molecular weight excluding hydrogens is 358 g/mol. The second-order valence-corrected chi connectivity index (χ2v) is 8.16. The van der Waals surface area contributed by atoms with Gasteiger partial charge >= 0.3 is 0 Å². The molecule has 0 radical (unpaired) electrons. The monoisotopic (exact) mass is 375 g/mol. The van der Waals surface area contributed by atoms with Crippen LogP contribution in [-0.2, 0) is 16.6 Å². The number of halogens is 1. The minimum atomic E-state index is -3.65. The second-order valence-electron chi connectivity index (χ2n) is 5.74. The molecule has 0 amide bonds. The summed E-state index contributed by atoms with van der Waals surface area (Å²) >= 11 is 6.04. The van der Waals surface area contributed by atoms with Gasteiger partial charge in [0.05, 0.1) is 12.1 Å². The van der Waals surface area contributed by atoms with Crippen molar-refractivity contribution >= 4 is 32.4 Å². The zero-order valence-electron chi connectivity index (χ0n) is 13.9. The van der Waals surface area contributed by atoms with Gasteiger partial charge in [-0.25, -0.2) is 8.42 Å². The van der Waals surface area contributed by atoms with Gasteiger partial charge in [0.15, 0.2) is 0 Å². The number of benzene rings is 3. The van der Waals surface area contributed by atoms with Crippen LogP contribution in [0.2, 0.25) is 5.02 Å². The summed E-state index contributed by atoms with van der Waals surface area (Å²) in [4.78, 5) is 0.115. The lowest BCUT2D eigenvalue weighted by Gasteiger charge is -2.18. The van der Waals surface area contributed by atoms with E-state index in [2.05, 4.69) is 0 Å². The Kier molecular flexibility index (Phi) is 4.99. The van der Waals surface area contributed by atoms with Crippen molar-refractivity contribution in [3.05, 3.63) is 71.2 Å². The summed E-state index contributed by atoms with van der Waals surface area (Å²) in [6.07, 6.45) is 0. The summed E-state index contributed by atoms with van der Waals surface area (Å²) in [6, 6.07) is 18.1. The standard InChI is InChI=1S/C19H18ClNO3S/c1-21(25(22,23)19-6-4-3-5-18(19)20)13-14-7-8-16-12-17(24-2)10-9-15(16)11-14/h3-12H,13H2,1-2H3. The third-order valence-electron chi connectivity index (χ3n) is 4.04. The summed E-state index contributed by atoms with van der Waals surface area (Å²) in [6.45, 7) is 0.259. The number of nitrogens with zero attached hydrogens (tertiary/aromatic N) is 1. The van der Waals surface area contributed by atoms with Crippen LogP contribution in [-0.4, -0.2) is 26.9 Å². The van der Waals surface area contributed by atoms with E-state index in [4.69, 9.17) is 16.3 Å². The van der Waals surface area contributed by atoms with E-state index >= 15 is 0 Å². The summed E-state index contributed by atoms with van der Waals surface area (Å²) in [5.74, 6) is 0.790. The molecule has 130 valence electrons. The highest BCUT2D eigenvalue weighted by Crippen LogP contribution is 2.26. The van der Waals surface area contributed by atoms with Crippen LogP contribution in [0.25, 0.3) is 10.8 Å². The quantitative estimate of drug-likeness (QED) is 0.667. The molecule has 0 unspecified atom stereocenters. The topological polar surface area (TPSA) is 46.6 Å². The Morgan fingerprint density at radius 2 is 1.68 bits per heavy atom. The summed E-state index contributed by atoms with van der Waals surface area (Å²) in [5.41, 5.74) is 0.899. The smallest absolute Gasteiger partial charge is 0.244 e. The van der Waals surface area contributed by atoms with E-state index in [9.17, 15) is 8.42 Å². The van der Waals surface area contributed by atoms with Gasteiger partial charge in [-0.1, -0.05) is 41.9 Å². The van der Waals surface area contributed by atoms with Crippen molar-refractivity contribution in [3.63, 3.8) is 0 Å². The molecule has 0 aliphatic heterocycles. The lowest BCUT2D eigenvalue weighted by Crippen LogP contribution is -2.26. The van der Waals surface area contributed by atoms with Crippen molar-refractivity contribution < 1.29 is 13.2 Å². The van der Waals surface area contributed by atoms with Gasteiger partial charge in [-0.3, -0.25) is 0 Å². The summed E-state index contributed by atoms with van der Waals surface area (Å²) in [7, 11) is -0.469. The van der Waals surface area contributed by atoms with Crippen molar-refractivity contribution in [2.45, 2.75) is 11.4 Å². The molecule has 25 heavy (non-hydrogen) atoms. The van der Waals surface area contributed by atoms with Gasteiger partial charge in [-0.15, -0.1) is 0 Å². The van der Waals surface area contributed by atoms with E-state index in [1.807, 2.05) is 36.4 Å². The number of sulfonamides is 1. The third kappa shape index (κ3) is 3.63. The Bertz CT molecular complexity index is 1020. The highest BCUT2D eigenvalue weighted by molar-refractivity contribution is 7.89. The Morgan fingerprint density at radius 1 is 1.00 bits per heavy atom. The molecule has 6 heteroatoms. The van der Waals surface area contributed by atoms with Gasteiger partial charge in [0.1, 0.15) is 10.6 Å². The normalized spacial score (nSPS) is 11.8. The summed E-state index contributed by atoms with van der Waals surface area (Å²) < 4.78 is 32.0. The highest BCUT2D eigenvalue weighted by atomic mass is 35.5. The molecule has 0 N–H and O–H groups in total. The van der Waals surface area contributed by atoms with Crippen LogP contribution < -0.4 is 4.74 Å². The van der Waals surface area contributed by atoms with Gasteiger partial charge in [0.25, 0.3) is 0 Å². The summed E-state index contributed by atoms with van der Waals surface area (Å²) in [5, 5.41) is 2.29. The maximum absolute atomic E-state index is 12.7. The first-order valence-corrected chi connectivity index (χ1v) is 9.51. The SMILES string of the molecule is COc1ccc2cc(CN(C)S(=O)(=O)c3ccccc3Cl)ccc2c1. The highest BCUT2D eigenvalue weighted by Gasteiger charge is 2.23. The van der Waals surface area contributed by atoms with Crippen LogP contribution in [0, 0.1) is 0 Å². The van der Waals surface area contributed by atoms with Crippen molar-refractivity contribution in [3.8, 4) is 5.75 Å². The van der Waals surface area contributed by atoms with Crippen molar-refractivity contribution in [1.29, 1.82) is 0 Å². The number of rotatable bonds is 5. The van der Waals surface area contributed by atoms with Crippen molar-refractivity contribution in [2.75, 3.05) is 14.2 Å². The van der Waals surface area contributed by atoms with Gasteiger partial charge < -0.3 is 4.74 Å². The average molecular weight is 376 g/mol. The first-order valence-electron chi connectivity index (χ1n) is 7.69. The maximum Gasteiger partial charge on any atom is 0.244 e. The molecule has 3 rings (SSSR count). The Balaban J connectivity index is 1.89. The molecule has 0 atom stereocenters. The van der Waals surface area contributed by atoms with Crippen LogP contribution in [0.4, 0.5) is 0 Å². The predicted molar refractivity (Wildman–Crippen MR) is 101 cm³/mol. The Hall–Kier alpha value is -2.08. The van der Waals surface area contributed by atoms with Crippen LogP contribution in [0.1, 0.15) is 5.56 Å². The number of methoxy groups -OCH3 is 1. The largest absolute Gasteiger partial charge is 0.497 e. The molecule has 0 aromatic heterocycles. The van der Waals surface area contributed by atoms with E-state index in [0.29, 0.717) is 0 Å². The lowest BCUT2D eigenvalue weighted by molar-refractivity contribution is 0.415. The minimum absolute atomic E-state index is 0.115. The molecule has 4 nitrogen and oxygen atoms in total. The van der Waals surface area contributed by atoms with Gasteiger partial charge in [-0.05, 0) is 46.7 Å². The number of fused-ring (bicyclic) bond motifs is 1. The lowest BCUT2D eigenvalue weighted by atomic mass is 10.1. The fraction of sp³-hybridized carbons (Fsp3) is 0.158. The predicted octanol–water partition coefficient (Wildman–Crippen LogP) is 4.32. The first kappa shape index (κ1) is 17.7. The van der Waals surface area contributed by atoms with Crippen molar-refractivity contribution in [1.82, 2.24) is 4.31 Å². The number of hydrogen-bond donors (Lipinski definition) is 0. The molecule has 3 aromatic rings. The average Bonchev–Trinajstić information content (AvgIpc) is 2.61. The molecule has 0 spiro atoms. The zero-order valence-corrected chi connectivity index (χ0v) is 15.5. The fourth-order valence-electron chi connectivity index (χ4n) is 2.66. The van der Waals surface area contributed by atoms with E-state index in [1.54, 1.807) is 32.4 Å². The van der Waals surface area contributed by atoms with Crippen LogP contribution in [0.5, 0.6) is 5.75 Å². The van der Waals surface area contributed by atoms with Gasteiger partial charge in [-0.2, -0.15) is 4.31 Å². The zero-order chi connectivity index (χ0) is 18.0. The molecule has 0 fully saturated rings. The Labute approximate surface area is 152 Å². The van der Waals surface area contributed by atoms with Crippen LogP contribution in [0.15, 0.2) is 65.6 Å². The first-order chi connectivity index (χ1) is 11.9. The molecule has 0 saturated carbocycles. The molecule has 0 bridgehead atoms. The second kappa shape index (κ2) is 7.04. The Morgan fingerprint density at radius 3 is 2.40 bits per heavy atom. The van der Waals surface area contributed by atoms with Gasteiger partial charge in [0.2, 0.25) is 10.0 Å². The van der Waals surface area contributed by atoms with Crippen LogP contribution >= 0.6 is 11.6 Å². The van der Waals surface area contributed by atoms with E-state index in [-0.39, 0.29) is 16.5 Å². The fourth-order valence-corrected chi connectivity index (χ4v) is 4.31. The number of hydrogen-bond acceptors (Lipinski definition) is 3. The molecule has 3 aromatic carbocycles. The molecule has 0 aliphatic carbocycles. The van der Waals surface area contributed by atoms with E-state index < -0.39 is 10.0 Å².